The molecule has 0 spiro atoms. The maximum absolute atomic E-state index is 13.1. The number of epoxide rings is 3. The number of carbonyl (C=O) groups excluding carboxylic acids is 3. The number of carboxylic acids is 3. The number of hydrogen-bond acceptors (Lipinski definition) is 12. The molecular formula is C21H18O15. The number of benzene rings is 1. The molecule has 192 valence electrons. The Morgan fingerprint density at radius 3 is 0.972 bits per heavy atom. The van der Waals surface area contributed by atoms with Crippen LogP contribution in [0.25, 0.3) is 0 Å². The molecule has 15 nitrogen and oxygen atoms in total. The van der Waals surface area contributed by atoms with Crippen molar-refractivity contribution in [3.8, 4) is 0 Å². The van der Waals surface area contributed by atoms with Gasteiger partial charge in [0.2, 0.25) is 0 Å². The quantitative estimate of drug-likeness (QED) is 0.182. The van der Waals surface area contributed by atoms with Gasteiger partial charge in [0.25, 0.3) is 0 Å². The Balaban J connectivity index is 1.96. The van der Waals surface area contributed by atoms with Crippen LogP contribution < -0.4 is 0 Å². The summed E-state index contributed by atoms with van der Waals surface area (Å²) >= 11 is 0. The molecule has 1 aromatic carbocycles. The van der Waals surface area contributed by atoms with Gasteiger partial charge in [-0.05, 0) is 0 Å². The van der Waals surface area contributed by atoms with Crippen molar-refractivity contribution in [1.29, 1.82) is 0 Å². The lowest BCUT2D eigenvalue weighted by molar-refractivity contribution is 0.0402. The molecule has 1 aromatic rings. The highest BCUT2D eigenvalue weighted by Crippen LogP contribution is 2.32. The summed E-state index contributed by atoms with van der Waals surface area (Å²) in [4.78, 5) is 75.4. The summed E-state index contributed by atoms with van der Waals surface area (Å²) in [6, 6.07) is 0. The molecule has 0 aliphatic carbocycles. The molecule has 15 heteroatoms. The lowest BCUT2D eigenvalue weighted by Gasteiger charge is -2.19. The summed E-state index contributed by atoms with van der Waals surface area (Å²) in [5.74, 6) is -10.8. The van der Waals surface area contributed by atoms with E-state index in [1.54, 1.807) is 0 Å². The van der Waals surface area contributed by atoms with Gasteiger partial charge in [0.15, 0.2) is 0 Å². The van der Waals surface area contributed by atoms with E-state index in [1.807, 2.05) is 0 Å². The summed E-state index contributed by atoms with van der Waals surface area (Å²) < 4.78 is 29.7. The van der Waals surface area contributed by atoms with Gasteiger partial charge in [0.05, 0.1) is 53.2 Å². The lowest BCUT2D eigenvalue weighted by Crippen LogP contribution is -2.30. The van der Waals surface area contributed by atoms with Gasteiger partial charge >= 0.3 is 35.8 Å². The predicted molar refractivity (Wildman–Crippen MR) is 107 cm³/mol. The summed E-state index contributed by atoms with van der Waals surface area (Å²) in [6.45, 7) is -0.449. The second-order valence-corrected chi connectivity index (χ2v) is 7.83. The molecular weight excluding hydrogens is 492 g/mol. The molecule has 3 heterocycles. The Bertz CT molecular complexity index is 1090. The van der Waals surface area contributed by atoms with Crippen LogP contribution >= 0.6 is 0 Å². The van der Waals surface area contributed by atoms with E-state index in [0.717, 1.165) is 0 Å². The van der Waals surface area contributed by atoms with E-state index in [1.165, 1.54) is 0 Å². The third-order valence-corrected chi connectivity index (χ3v) is 5.16. The smallest absolute Gasteiger partial charge is 0.340 e. The number of rotatable bonds is 12. The lowest BCUT2D eigenvalue weighted by atomic mass is 9.85. The van der Waals surface area contributed by atoms with Crippen LogP contribution in [0.5, 0.6) is 0 Å². The van der Waals surface area contributed by atoms with E-state index >= 15 is 0 Å². The highest BCUT2D eigenvalue weighted by atomic mass is 16.6. The molecule has 3 unspecified atom stereocenters. The van der Waals surface area contributed by atoms with Crippen molar-refractivity contribution >= 4 is 35.8 Å². The van der Waals surface area contributed by atoms with E-state index in [2.05, 4.69) is 0 Å². The summed E-state index contributed by atoms with van der Waals surface area (Å²) in [7, 11) is 0. The average Bonchev–Trinajstić information content (AvgIpc) is 3.68. The Morgan fingerprint density at radius 1 is 0.528 bits per heavy atom. The summed E-state index contributed by atoms with van der Waals surface area (Å²) in [5, 5.41) is 29.3. The van der Waals surface area contributed by atoms with Gasteiger partial charge in [-0.25, -0.2) is 28.8 Å². The molecule has 36 heavy (non-hydrogen) atoms. The van der Waals surface area contributed by atoms with Crippen LogP contribution in [-0.4, -0.2) is 109 Å². The fourth-order valence-electron chi connectivity index (χ4n) is 3.22. The fraction of sp³-hybridized carbons (Fsp3) is 0.429. The van der Waals surface area contributed by atoms with Crippen LogP contribution in [0.3, 0.4) is 0 Å². The Hall–Kier alpha value is -4.08. The van der Waals surface area contributed by atoms with Crippen molar-refractivity contribution in [2.24, 2.45) is 0 Å². The maximum atomic E-state index is 13.1. The van der Waals surface area contributed by atoms with E-state index in [4.69, 9.17) is 28.4 Å². The summed E-state index contributed by atoms with van der Waals surface area (Å²) in [5.41, 5.74) is -7.67. The van der Waals surface area contributed by atoms with Crippen LogP contribution in [0, 0.1) is 0 Å². The van der Waals surface area contributed by atoms with Gasteiger partial charge in [-0.3, -0.25) is 0 Å². The van der Waals surface area contributed by atoms with Crippen LogP contribution in [0.2, 0.25) is 0 Å². The monoisotopic (exact) mass is 510 g/mol. The summed E-state index contributed by atoms with van der Waals surface area (Å²) in [6.07, 6.45) is -1.52. The molecule has 3 aliphatic heterocycles. The fourth-order valence-corrected chi connectivity index (χ4v) is 3.22. The molecule has 0 aromatic heterocycles. The van der Waals surface area contributed by atoms with E-state index in [-0.39, 0.29) is 39.6 Å². The van der Waals surface area contributed by atoms with Crippen LogP contribution in [0.1, 0.15) is 62.1 Å². The zero-order valence-electron chi connectivity index (χ0n) is 18.2. The first-order valence-electron chi connectivity index (χ1n) is 10.4. The van der Waals surface area contributed by atoms with Crippen molar-refractivity contribution in [3.05, 3.63) is 33.4 Å². The van der Waals surface area contributed by atoms with Crippen LogP contribution in [0.4, 0.5) is 0 Å². The zero-order valence-corrected chi connectivity index (χ0v) is 18.2. The molecule has 0 saturated carbocycles. The minimum atomic E-state index is -2.10. The van der Waals surface area contributed by atoms with Crippen molar-refractivity contribution in [3.63, 3.8) is 0 Å². The van der Waals surface area contributed by atoms with Gasteiger partial charge in [-0.2, -0.15) is 0 Å². The minimum absolute atomic E-state index is 0.231. The molecule has 3 saturated heterocycles. The van der Waals surface area contributed by atoms with Crippen LogP contribution in [-0.2, 0) is 28.4 Å². The molecule has 0 amide bonds. The predicted octanol–water partition coefficient (Wildman–Crippen LogP) is -0.552. The van der Waals surface area contributed by atoms with Crippen LogP contribution in [0.15, 0.2) is 0 Å². The number of carbonyl (C=O) groups is 6. The molecule has 4 rings (SSSR count). The van der Waals surface area contributed by atoms with E-state index in [0.29, 0.717) is 0 Å². The van der Waals surface area contributed by atoms with Gasteiger partial charge in [-0.1, -0.05) is 0 Å². The first-order valence-corrected chi connectivity index (χ1v) is 10.4. The van der Waals surface area contributed by atoms with Gasteiger partial charge in [0.1, 0.15) is 38.1 Å². The number of ether oxygens (including phenoxy) is 6. The van der Waals surface area contributed by atoms with Crippen molar-refractivity contribution in [1.82, 2.24) is 0 Å². The Labute approximate surface area is 200 Å². The minimum Gasteiger partial charge on any atom is -0.478 e. The SMILES string of the molecule is O=C(O)c1c(C(=O)O)c(C(=O)OCC2CO2)c(C(=O)OCC2CO2)c(C(=O)OCC2CO2)c1C(=O)O. The number of carboxylic acid groups (broad SMARTS) is 3. The highest BCUT2D eigenvalue weighted by molar-refractivity contribution is 6.23. The second-order valence-electron chi connectivity index (χ2n) is 7.83. The molecule has 3 fully saturated rings. The molecule has 0 bridgehead atoms. The normalized spacial score (nSPS) is 21.2. The topological polar surface area (TPSA) is 228 Å². The Morgan fingerprint density at radius 2 is 0.750 bits per heavy atom. The highest BCUT2D eigenvalue weighted by Gasteiger charge is 2.43. The third kappa shape index (κ3) is 5.42. The molecule has 0 radical (unpaired) electrons. The molecule has 3 aliphatic rings. The standard InChI is InChI=1S/C21H18O15/c22-16(23)10-11(17(24)25)13(19(28)34-4-7-1-31-7)15(21(30)36-6-9-3-33-9)14(12(10)18(26)27)20(29)35-5-8-2-32-8/h7-9H,1-6H2,(H,22,23)(H,24,25)(H,26,27). The van der Waals surface area contributed by atoms with Crippen molar-refractivity contribution in [2.75, 3.05) is 39.6 Å². The third-order valence-electron chi connectivity index (χ3n) is 5.16. The number of esters is 3. The van der Waals surface area contributed by atoms with Gasteiger partial charge in [-0.15, -0.1) is 0 Å². The van der Waals surface area contributed by atoms with E-state index in [9.17, 15) is 44.1 Å². The van der Waals surface area contributed by atoms with Gasteiger partial charge < -0.3 is 43.7 Å². The number of hydrogen-bond donors (Lipinski definition) is 3. The largest absolute Gasteiger partial charge is 0.478 e. The second kappa shape index (κ2) is 9.88. The molecule has 3 N–H and O–H groups in total. The zero-order chi connectivity index (χ0) is 26.1. The number of aromatic carboxylic acids is 3. The molecule has 3 atom stereocenters. The maximum Gasteiger partial charge on any atom is 0.340 e. The van der Waals surface area contributed by atoms with Gasteiger partial charge in [0, 0.05) is 0 Å². The van der Waals surface area contributed by atoms with Crippen molar-refractivity contribution < 1.29 is 72.5 Å². The van der Waals surface area contributed by atoms with E-state index < -0.39 is 87.5 Å². The average molecular weight is 510 g/mol. The first kappa shape index (κ1) is 25.0. The Kier molecular flexibility index (Phi) is 6.87. The first-order chi connectivity index (χ1) is 17.1. The van der Waals surface area contributed by atoms with Crippen molar-refractivity contribution in [2.45, 2.75) is 18.3 Å².